The van der Waals surface area contributed by atoms with Crippen molar-refractivity contribution in [3.05, 3.63) is 35.9 Å². The lowest BCUT2D eigenvalue weighted by atomic mass is 9.94. The highest BCUT2D eigenvalue weighted by molar-refractivity contribution is 6.18. The molecule has 0 N–H and O–H groups in total. The van der Waals surface area contributed by atoms with Crippen LogP contribution in [-0.4, -0.2) is 42.0 Å². The number of carbonyl (C=O) groups excluding carboxylic acids is 1. The Morgan fingerprint density at radius 2 is 2.15 bits per heavy atom. The molecule has 1 aromatic carbocycles. The van der Waals surface area contributed by atoms with Crippen LogP contribution in [0.2, 0.25) is 0 Å². The van der Waals surface area contributed by atoms with Gasteiger partial charge in [0.2, 0.25) is 5.91 Å². The third kappa shape index (κ3) is 3.33. The SMILES string of the molecule is CCC(C(=O)N1CC(CCl)OCC1C)c1ccccc1. The molecule has 1 fully saturated rings. The average Bonchev–Trinajstić information content (AvgIpc) is 2.49. The van der Waals surface area contributed by atoms with Crippen LogP contribution in [0.25, 0.3) is 0 Å². The number of nitrogens with zero attached hydrogens (tertiary/aromatic N) is 1. The maximum atomic E-state index is 12.8. The Kier molecular flexibility index (Phi) is 5.44. The van der Waals surface area contributed by atoms with Gasteiger partial charge in [-0.05, 0) is 18.9 Å². The van der Waals surface area contributed by atoms with Gasteiger partial charge in [-0.1, -0.05) is 37.3 Å². The lowest BCUT2D eigenvalue weighted by molar-refractivity contribution is -0.144. The Bertz CT molecular complexity index is 437. The first-order chi connectivity index (χ1) is 9.67. The van der Waals surface area contributed by atoms with E-state index >= 15 is 0 Å². The maximum Gasteiger partial charge on any atom is 0.230 e. The van der Waals surface area contributed by atoms with Crippen LogP contribution >= 0.6 is 11.6 Å². The summed E-state index contributed by atoms with van der Waals surface area (Å²) in [7, 11) is 0. The molecule has 0 bridgehead atoms. The number of hydrogen-bond donors (Lipinski definition) is 0. The second kappa shape index (κ2) is 7.09. The topological polar surface area (TPSA) is 29.5 Å². The van der Waals surface area contributed by atoms with Crippen LogP contribution in [0.4, 0.5) is 0 Å². The van der Waals surface area contributed by atoms with Crippen LogP contribution in [0.5, 0.6) is 0 Å². The lowest BCUT2D eigenvalue weighted by Crippen LogP contribution is -2.52. The van der Waals surface area contributed by atoms with Gasteiger partial charge >= 0.3 is 0 Å². The minimum absolute atomic E-state index is 0.0508. The quantitative estimate of drug-likeness (QED) is 0.799. The van der Waals surface area contributed by atoms with Gasteiger partial charge in [0.1, 0.15) is 0 Å². The summed E-state index contributed by atoms with van der Waals surface area (Å²) in [6.07, 6.45) is 0.753. The Morgan fingerprint density at radius 3 is 2.75 bits per heavy atom. The van der Waals surface area contributed by atoms with Crippen LogP contribution < -0.4 is 0 Å². The normalized spacial score (nSPS) is 24.4. The van der Waals surface area contributed by atoms with E-state index in [1.54, 1.807) is 0 Å². The van der Waals surface area contributed by atoms with E-state index < -0.39 is 0 Å². The van der Waals surface area contributed by atoms with Gasteiger partial charge in [0, 0.05) is 6.54 Å². The molecule has 1 aliphatic rings. The summed E-state index contributed by atoms with van der Waals surface area (Å²) >= 11 is 5.87. The molecule has 4 heteroatoms. The van der Waals surface area contributed by atoms with Gasteiger partial charge in [0.15, 0.2) is 0 Å². The Hall–Kier alpha value is -1.06. The molecule has 0 aliphatic carbocycles. The van der Waals surface area contributed by atoms with E-state index in [1.165, 1.54) is 0 Å². The highest BCUT2D eigenvalue weighted by Crippen LogP contribution is 2.25. The molecule has 3 nitrogen and oxygen atoms in total. The van der Waals surface area contributed by atoms with Gasteiger partial charge in [-0.15, -0.1) is 11.6 Å². The molecule has 110 valence electrons. The molecule has 2 rings (SSSR count). The molecule has 1 heterocycles. The first-order valence-electron chi connectivity index (χ1n) is 7.20. The second-order valence-electron chi connectivity index (χ2n) is 5.32. The molecule has 1 aliphatic heterocycles. The molecule has 0 spiro atoms. The number of hydrogen-bond acceptors (Lipinski definition) is 2. The summed E-state index contributed by atoms with van der Waals surface area (Å²) in [5, 5.41) is 0. The zero-order valence-electron chi connectivity index (χ0n) is 12.1. The second-order valence-corrected chi connectivity index (χ2v) is 5.63. The van der Waals surface area contributed by atoms with Gasteiger partial charge in [-0.25, -0.2) is 0 Å². The van der Waals surface area contributed by atoms with Crippen molar-refractivity contribution in [3.8, 4) is 0 Å². The van der Waals surface area contributed by atoms with E-state index in [-0.39, 0.29) is 24.0 Å². The van der Waals surface area contributed by atoms with Crippen LogP contribution in [0.15, 0.2) is 30.3 Å². The van der Waals surface area contributed by atoms with E-state index in [2.05, 4.69) is 6.92 Å². The van der Waals surface area contributed by atoms with Crippen LogP contribution in [0.3, 0.4) is 0 Å². The van der Waals surface area contributed by atoms with Crippen molar-refractivity contribution >= 4 is 17.5 Å². The maximum absolute atomic E-state index is 12.8. The highest BCUT2D eigenvalue weighted by Gasteiger charge is 2.33. The molecule has 0 radical (unpaired) electrons. The van der Waals surface area contributed by atoms with Gasteiger partial charge in [-0.3, -0.25) is 4.79 Å². The number of rotatable bonds is 4. The number of alkyl halides is 1. The van der Waals surface area contributed by atoms with Gasteiger partial charge in [0.05, 0.1) is 30.6 Å². The number of carbonyl (C=O) groups is 1. The zero-order chi connectivity index (χ0) is 14.5. The third-order valence-electron chi connectivity index (χ3n) is 3.87. The molecule has 20 heavy (non-hydrogen) atoms. The first kappa shape index (κ1) is 15.3. The number of ether oxygens (including phenoxy) is 1. The number of amides is 1. The predicted molar refractivity (Wildman–Crippen MR) is 81.1 cm³/mol. The first-order valence-corrected chi connectivity index (χ1v) is 7.73. The van der Waals surface area contributed by atoms with E-state index in [1.807, 2.05) is 42.2 Å². The smallest absolute Gasteiger partial charge is 0.230 e. The van der Waals surface area contributed by atoms with Crippen LogP contribution in [0, 0.1) is 0 Å². The molecule has 1 amide bonds. The minimum atomic E-state index is -0.0762. The standard InChI is InChI=1S/C16H22ClNO2/c1-3-15(13-7-5-4-6-8-13)16(19)18-10-14(9-17)20-11-12(18)2/h4-8,12,14-15H,3,9-11H2,1-2H3. The number of morpholine rings is 1. The summed E-state index contributed by atoms with van der Waals surface area (Å²) in [6, 6.07) is 10.1. The summed E-state index contributed by atoms with van der Waals surface area (Å²) in [5.74, 6) is 0.538. The molecule has 1 aromatic rings. The van der Waals surface area contributed by atoms with Crippen molar-refractivity contribution in [3.63, 3.8) is 0 Å². The van der Waals surface area contributed by atoms with E-state index in [0.29, 0.717) is 19.0 Å². The number of benzene rings is 1. The largest absolute Gasteiger partial charge is 0.373 e. The molecule has 0 aromatic heterocycles. The van der Waals surface area contributed by atoms with Crippen molar-refractivity contribution in [2.45, 2.75) is 38.3 Å². The number of halogens is 1. The van der Waals surface area contributed by atoms with Gasteiger partial charge < -0.3 is 9.64 Å². The van der Waals surface area contributed by atoms with Crippen molar-refractivity contribution in [1.29, 1.82) is 0 Å². The third-order valence-corrected chi connectivity index (χ3v) is 4.21. The molecular formula is C16H22ClNO2. The van der Waals surface area contributed by atoms with Crippen LogP contribution in [-0.2, 0) is 9.53 Å². The van der Waals surface area contributed by atoms with Crippen molar-refractivity contribution in [2.75, 3.05) is 19.0 Å². The molecular weight excluding hydrogens is 274 g/mol. The summed E-state index contributed by atoms with van der Waals surface area (Å²) < 4.78 is 5.61. The van der Waals surface area contributed by atoms with Crippen LogP contribution in [0.1, 0.15) is 31.7 Å². The Labute approximate surface area is 125 Å². The molecule has 3 unspecified atom stereocenters. The highest BCUT2D eigenvalue weighted by atomic mass is 35.5. The van der Waals surface area contributed by atoms with Crippen molar-refractivity contribution < 1.29 is 9.53 Å². The minimum Gasteiger partial charge on any atom is -0.373 e. The Balaban J connectivity index is 2.15. The summed E-state index contributed by atoms with van der Waals surface area (Å²) in [6.45, 7) is 5.24. The average molecular weight is 296 g/mol. The van der Waals surface area contributed by atoms with Crippen molar-refractivity contribution in [1.82, 2.24) is 4.90 Å². The lowest BCUT2D eigenvalue weighted by Gasteiger charge is -2.39. The molecule has 3 atom stereocenters. The Morgan fingerprint density at radius 1 is 1.45 bits per heavy atom. The fraction of sp³-hybridized carbons (Fsp3) is 0.562. The van der Waals surface area contributed by atoms with E-state index in [4.69, 9.17) is 16.3 Å². The predicted octanol–water partition coefficient (Wildman–Crippen LogP) is 3.03. The monoisotopic (exact) mass is 295 g/mol. The van der Waals surface area contributed by atoms with Gasteiger partial charge in [0.25, 0.3) is 0 Å². The van der Waals surface area contributed by atoms with Gasteiger partial charge in [-0.2, -0.15) is 0 Å². The summed E-state index contributed by atoms with van der Waals surface area (Å²) in [4.78, 5) is 14.8. The zero-order valence-corrected chi connectivity index (χ0v) is 12.8. The summed E-state index contributed by atoms with van der Waals surface area (Å²) in [5.41, 5.74) is 1.08. The molecule has 1 saturated heterocycles. The molecule has 0 saturated carbocycles. The van der Waals surface area contributed by atoms with E-state index in [0.717, 1.165) is 12.0 Å². The fourth-order valence-corrected chi connectivity index (χ4v) is 2.84. The van der Waals surface area contributed by atoms with E-state index in [9.17, 15) is 4.79 Å². The fourth-order valence-electron chi connectivity index (χ4n) is 2.66. The van der Waals surface area contributed by atoms with Crippen molar-refractivity contribution in [2.24, 2.45) is 0 Å².